The van der Waals surface area contributed by atoms with Crippen LogP contribution in [0.3, 0.4) is 0 Å². The molecule has 1 unspecified atom stereocenters. The van der Waals surface area contributed by atoms with E-state index in [-0.39, 0.29) is 11.9 Å². The topological polar surface area (TPSA) is 41.6 Å². The highest BCUT2D eigenvalue weighted by Crippen LogP contribution is 2.32. The van der Waals surface area contributed by atoms with Crippen molar-refractivity contribution in [2.24, 2.45) is 10.7 Å². The average Bonchev–Trinajstić information content (AvgIpc) is 2.85. The molecule has 0 fully saturated rings. The number of nitrogens with two attached hydrogens (primary N) is 1. The minimum absolute atomic E-state index is 0.0683. The SMILES string of the molecule is Cc1ccc(C2CN=C(N)N2c2ccc(Br)cc2)cc1F. The third-order valence-corrected chi connectivity index (χ3v) is 4.20. The summed E-state index contributed by atoms with van der Waals surface area (Å²) in [6.07, 6.45) is 0. The van der Waals surface area contributed by atoms with Crippen molar-refractivity contribution in [3.8, 4) is 0 Å². The molecule has 0 aliphatic carbocycles. The number of rotatable bonds is 2. The van der Waals surface area contributed by atoms with Crippen molar-refractivity contribution in [2.75, 3.05) is 11.4 Å². The summed E-state index contributed by atoms with van der Waals surface area (Å²) in [7, 11) is 0. The smallest absolute Gasteiger partial charge is 0.196 e. The molecule has 5 heteroatoms. The Labute approximate surface area is 131 Å². The van der Waals surface area contributed by atoms with Gasteiger partial charge in [0.05, 0.1) is 12.6 Å². The van der Waals surface area contributed by atoms with Gasteiger partial charge in [0.25, 0.3) is 0 Å². The molecule has 1 aliphatic rings. The van der Waals surface area contributed by atoms with Gasteiger partial charge in [0.15, 0.2) is 5.96 Å². The van der Waals surface area contributed by atoms with Gasteiger partial charge in [0.1, 0.15) is 5.82 Å². The van der Waals surface area contributed by atoms with Gasteiger partial charge in [-0.15, -0.1) is 0 Å². The van der Waals surface area contributed by atoms with E-state index in [4.69, 9.17) is 5.73 Å². The van der Waals surface area contributed by atoms with E-state index in [1.807, 2.05) is 35.2 Å². The van der Waals surface area contributed by atoms with Crippen LogP contribution in [0.15, 0.2) is 51.9 Å². The number of guanidine groups is 1. The van der Waals surface area contributed by atoms with Gasteiger partial charge in [-0.25, -0.2) is 4.39 Å². The highest BCUT2D eigenvalue weighted by atomic mass is 79.9. The van der Waals surface area contributed by atoms with Crippen LogP contribution in [-0.2, 0) is 0 Å². The fraction of sp³-hybridized carbons (Fsp3) is 0.188. The second kappa shape index (κ2) is 5.48. The van der Waals surface area contributed by atoms with Gasteiger partial charge >= 0.3 is 0 Å². The zero-order valence-corrected chi connectivity index (χ0v) is 13.1. The Morgan fingerprint density at radius 3 is 2.62 bits per heavy atom. The maximum Gasteiger partial charge on any atom is 0.196 e. The molecule has 0 saturated carbocycles. The van der Waals surface area contributed by atoms with Crippen molar-refractivity contribution in [1.82, 2.24) is 0 Å². The summed E-state index contributed by atoms with van der Waals surface area (Å²) in [5, 5.41) is 0. The summed E-state index contributed by atoms with van der Waals surface area (Å²) in [5.74, 6) is 0.261. The monoisotopic (exact) mass is 347 g/mol. The van der Waals surface area contributed by atoms with Crippen LogP contribution in [-0.4, -0.2) is 12.5 Å². The van der Waals surface area contributed by atoms with E-state index in [9.17, 15) is 4.39 Å². The first-order valence-electron chi connectivity index (χ1n) is 6.67. The summed E-state index contributed by atoms with van der Waals surface area (Å²) in [6, 6.07) is 13.1. The molecule has 1 aliphatic heterocycles. The highest BCUT2D eigenvalue weighted by molar-refractivity contribution is 9.10. The predicted molar refractivity (Wildman–Crippen MR) is 87.0 cm³/mol. The van der Waals surface area contributed by atoms with E-state index < -0.39 is 0 Å². The molecule has 1 atom stereocenters. The molecule has 0 bridgehead atoms. The maximum absolute atomic E-state index is 13.8. The van der Waals surface area contributed by atoms with Gasteiger partial charge in [-0.2, -0.15) is 0 Å². The van der Waals surface area contributed by atoms with E-state index in [0.29, 0.717) is 18.1 Å². The summed E-state index contributed by atoms with van der Waals surface area (Å²) >= 11 is 3.42. The lowest BCUT2D eigenvalue weighted by molar-refractivity contribution is 0.612. The number of hydrogen-bond donors (Lipinski definition) is 1. The molecule has 1 heterocycles. The summed E-state index contributed by atoms with van der Waals surface area (Å²) < 4.78 is 14.8. The number of nitrogens with zero attached hydrogens (tertiary/aromatic N) is 2. The van der Waals surface area contributed by atoms with E-state index in [2.05, 4.69) is 20.9 Å². The molecule has 108 valence electrons. The van der Waals surface area contributed by atoms with Crippen molar-refractivity contribution in [1.29, 1.82) is 0 Å². The van der Waals surface area contributed by atoms with Gasteiger partial charge in [-0.05, 0) is 48.4 Å². The molecule has 0 saturated heterocycles. The average molecular weight is 348 g/mol. The third kappa shape index (κ3) is 2.65. The number of anilines is 1. The molecule has 3 rings (SSSR count). The summed E-state index contributed by atoms with van der Waals surface area (Å²) in [4.78, 5) is 6.25. The minimum Gasteiger partial charge on any atom is -0.369 e. The highest BCUT2D eigenvalue weighted by Gasteiger charge is 2.29. The quantitative estimate of drug-likeness (QED) is 0.898. The molecule has 0 amide bonds. The van der Waals surface area contributed by atoms with Gasteiger partial charge in [-0.1, -0.05) is 28.1 Å². The molecule has 0 aromatic heterocycles. The standard InChI is InChI=1S/C16H15BrFN3/c1-10-2-3-11(8-14(10)18)15-9-20-16(19)21(15)13-6-4-12(17)5-7-13/h2-8,15H,9H2,1H3,(H2,19,20). The fourth-order valence-corrected chi connectivity index (χ4v) is 2.75. The number of benzene rings is 2. The van der Waals surface area contributed by atoms with Gasteiger partial charge < -0.3 is 10.6 Å². The van der Waals surface area contributed by atoms with Crippen LogP contribution in [0.1, 0.15) is 17.2 Å². The summed E-state index contributed by atoms with van der Waals surface area (Å²) in [6.45, 7) is 2.29. The van der Waals surface area contributed by atoms with Gasteiger partial charge in [0, 0.05) is 10.2 Å². The lowest BCUT2D eigenvalue weighted by atomic mass is 10.0. The lowest BCUT2D eigenvalue weighted by Gasteiger charge is -2.27. The van der Waals surface area contributed by atoms with E-state index in [1.54, 1.807) is 19.1 Å². The molecular formula is C16H15BrFN3. The predicted octanol–water partition coefficient (Wildman–Crippen LogP) is 3.77. The lowest BCUT2D eigenvalue weighted by Crippen LogP contribution is -2.36. The van der Waals surface area contributed by atoms with Crippen LogP contribution in [0, 0.1) is 12.7 Å². The molecule has 3 nitrogen and oxygen atoms in total. The van der Waals surface area contributed by atoms with E-state index >= 15 is 0 Å². The molecule has 2 aromatic carbocycles. The fourth-order valence-electron chi connectivity index (χ4n) is 2.48. The number of aryl methyl sites for hydroxylation is 1. The van der Waals surface area contributed by atoms with Crippen LogP contribution in [0.25, 0.3) is 0 Å². The zero-order chi connectivity index (χ0) is 15.0. The Morgan fingerprint density at radius 2 is 1.95 bits per heavy atom. The Morgan fingerprint density at radius 1 is 1.24 bits per heavy atom. The van der Waals surface area contributed by atoms with E-state index in [0.717, 1.165) is 15.7 Å². The number of aliphatic imine (C=N–C) groups is 1. The van der Waals surface area contributed by atoms with Crippen LogP contribution in [0.5, 0.6) is 0 Å². The van der Waals surface area contributed by atoms with Gasteiger partial charge in [0.2, 0.25) is 0 Å². The van der Waals surface area contributed by atoms with Crippen molar-refractivity contribution in [2.45, 2.75) is 13.0 Å². The summed E-state index contributed by atoms with van der Waals surface area (Å²) in [5.41, 5.74) is 8.48. The molecular weight excluding hydrogens is 333 g/mol. The number of halogens is 2. The molecule has 2 aromatic rings. The Hall–Kier alpha value is -1.88. The van der Waals surface area contributed by atoms with Crippen LogP contribution >= 0.6 is 15.9 Å². The van der Waals surface area contributed by atoms with Gasteiger partial charge in [-0.3, -0.25) is 4.99 Å². The molecule has 2 N–H and O–H groups in total. The van der Waals surface area contributed by atoms with Crippen LogP contribution in [0.2, 0.25) is 0 Å². The molecule has 0 radical (unpaired) electrons. The first-order chi connectivity index (χ1) is 10.1. The Balaban J connectivity index is 1.98. The van der Waals surface area contributed by atoms with Crippen LogP contribution < -0.4 is 10.6 Å². The largest absolute Gasteiger partial charge is 0.369 e. The molecule has 0 spiro atoms. The third-order valence-electron chi connectivity index (χ3n) is 3.67. The normalized spacial score (nSPS) is 18.0. The minimum atomic E-state index is -0.200. The Bertz CT molecular complexity index is 697. The van der Waals surface area contributed by atoms with Crippen LogP contribution in [0.4, 0.5) is 10.1 Å². The zero-order valence-electron chi connectivity index (χ0n) is 11.6. The molecule has 21 heavy (non-hydrogen) atoms. The van der Waals surface area contributed by atoms with Crippen molar-refractivity contribution < 1.29 is 4.39 Å². The van der Waals surface area contributed by atoms with E-state index in [1.165, 1.54) is 0 Å². The van der Waals surface area contributed by atoms with Crippen molar-refractivity contribution in [3.05, 3.63) is 63.9 Å². The first-order valence-corrected chi connectivity index (χ1v) is 7.46. The number of hydrogen-bond acceptors (Lipinski definition) is 3. The maximum atomic E-state index is 13.8. The Kier molecular flexibility index (Phi) is 3.68. The second-order valence-corrected chi connectivity index (χ2v) is 5.99. The first kappa shape index (κ1) is 14.1. The van der Waals surface area contributed by atoms with Crippen molar-refractivity contribution in [3.63, 3.8) is 0 Å². The van der Waals surface area contributed by atoms with Crippen molar-refractivity contribution >= 4 is 27.6 Å². The second-order valence-electron chi connectivity index (χ2n) is 5.07.